The van der Waals surface area contributed by atoms with Gasteiger partial charge in [0.2, 0.25) is 0 Å². The van der Waals surface area contributed by atoms with E-state index in [9.17, 15) is 14.0 Å². The lowest BCUT2D eigenvalue weighted by Gasteiger charge is -2.33. The van der Waals surface area contributed by atoms with Crippen LogP contribution in [-0.2, 0) is 6.54 Å². The van der Waals surface area contributed by atoms with E-state index in [-0.39, 0.29) is 30.5 Å². The second-order valence-electron chi connectivity index (χ2n) is 7.46. The van der Waals surface area contributed by atoms with Crippen LogP contribution in [0.15, 0.2) is 24.3 Å². The predicted octanol–water partition coefficient (Wildman–Crippen LogP) is 3.13. The van der Waals surface area contributed by atoms with E-state index in [2.05, 4.69) is 16.0 Å². The zero-order chi connectivity index (χ0) is 19.1. The van der Waals surface area contributed by atoms with E-state index < -0.39 is 0 Å². The van der Waals surface area contributed by atoms with Gasteiger partial charge in [-0.2, -0.15) is 0 Å². The molecule has 1 aliphatic heterocycles. The van der Waals surface area contributed by atoms with Crippen LogP contribution in [0, 0.1) is 5.82 Å². The molecule has 7 heteroatoms. The molecule has 2 aliphatic rings. The lowest BCUT2D eigenvalue weighted by molar-refractivity contribution is 0.175. The number of halogens is 1. The van der Waals surface area contributed by atoms with Crippen molar-refractivity contribution in [2.75, 3.05) is 13.1 Å². The number of benzene rings is 1. The fourth-order valence-corrected chi connectivity index (χ4v) is 3.81. The Balaban J connectivity index is 1.36. The standard InChI is InChI=1S/C20H29FN4O2/c21-18-9-5-4-6-15(18)14-22-20(27)25-12-10-17(11-13-25)24-19(26)23-16-7-2-1-3-8-16/h4-6,9,16-17H,1-3,7-8,10-14H2,(H,22,27)(H2,23,24,26). The number of nitrogens with zero attached hydrogens (tertiary/aromatic N) is 1. The first kappa shape index (κ1) is 19.5. The van der Waals surface area contributed by atoms with Gasteiger partial charge in [0.1, 0.15) is 5.82 Å². The first-order valence-corrected chi connectivity index (χ1v) is 9.95. The minimum atomic E-state index is -0.315. The van der Waals surface area contributed by atoms with Crippen LogP contribution in [-0.4, -0.2) is 42.1 Å². The summed E-state index contributed by atoms with van der Waals surface area (Å²) >= 11 is 0. The SMILES string of the molecule is O=C(NC1CCCCC1)NC1CCN(C(=O)NCc2ccccc2F)CC1. The maximum absolute atomic E-state index is 13.6. The third-order valence-corrected chi connectivity index (χ3v) is 5.45. The highest BCUT2D eigenvalue weighted by Crippen LogP contribution is 2.17. The minimum Gasteiger partial charge on any atom is -0.335 e. The fourth-order valence-electron chi connectivity index (χ4n) is 3.81. The molecule has 27 heavy (non-hydrogen) atoms. The summed E-state index contributed by atoms with van der Waals surface area (Å²) < 4.78 is 13.6. The summed E-state index contributed by atoms with van der Waals surface area (Å²) in [6.45, 7) is 1.34. The van der Waals surface area contributed by atoms with Crippen molar-refractivity contribution < 1.29 is 14.0 Å². The van der Waals surface area contributed by atoms with E-state index in [0.29, 0.717) is 24.7 Å². The number of nitrogens with one attached hydrogen (secondary N) is 3. The van der Waals surface area contributed by atoms with Crippen LogP contribution in [0.4, 0.5) is 14.0 Å². The molecule has 3 N–H and O–H groups in total. The summed E-state index contributed by atoms with van der Waals surface area (Å²) in [4.78, 5) is 26.1. The third kappa shape index (κ3) is 5.84. The number of hydrogen-bond donors (Lipinski definition) is 3. The Morgan fingerprint density at radius 1 is 0.963 bits per heavy atom. The maximum Gasteiger partial charge on any atom is 0.317 e. The second kappa shape index (κ2) is 9.58. The molecule has 1 aliphatic carbocycles. The summed E-state index contributed by atoms with van der Waals surface area (Å²) in [6.07, 6.45) is 7.21. The second-order valence-corrected chi connectivity index (χ2v) is 7.46. The van der Waals surface area contributed by atoms with Crippen molar-refractivity contribution in [3.8, 4) is 0 Å². The van der Waals surface area contributed by atoms with Gasteiger partial charge in [-0.05, 0) is 31.7 Å². The summed E-state index contributed by atoms with van der Waals surface area (Å²) in [5, 5.41) is 8.86. The van der Waals surface area contributed by atoms with Gasteiger partial charge in [0.15, 0.2) is 0 Å². The van der Waals surface area contributed by atoms with E-state index >= 15 is 0 Å². The van der Waals surface area contributed by atoms with Crippen molar-refractivity contribution in [2.24, 2.45) is 0 Å². The molecular weight excluding hydrogens is 347 g/mol. The quantitative estimate of drug-likeness (QED) is 0.755. The van der Waals surface area contributed by atoms with Gasteiger partial charge in [-0.1, -0.05) is 37.5 Å². The number of carbonyl (C=O) groups is 2. The van der Waals surface area contributed by atoms with Gasteiger partial charge in [-0.25, -0.2) is 14.0 Å². The van der Waals surface area contributed by atoms with Gasteiger partial charge in [-0.3, -0.25) is 0 Å². The topological polar surface area (TPSA) is 73.5 Å². The molecule has 2 fully saturated rings. The highest BCUT2D eigenvalue weighted by molar-refractivity contribution is 5.75. The zero-order valence-electron chi connectivity index (χ0n) is 15.7. The van der Waals surface area contributed by atoms with Crippen LogP contribution in [0.3, 0.4) is 0 Å². The largest absolute Gasteiger partial charge is 0.335 e. The highest BCUT2D eigenvalue weighted by atomic mass is 19.1. The Labute approximate surface area is 159 Å². The Kier molecular flexibility index (Phi) is 6.90. The van der Waals surface area contributed by atoms with Crippen molar-refractivity contribution >= 4 is 12.1 Å². The van der Waals surface area contributed by atoms with Gasteiger partial charge >= 0.3 is 12.1 Å². The molecule has 1 saturated carbocycles. The first-order chi connectivity index (χ1) is 13.1. The molecule has 1 heterocycles. The molecule has 3 rings (SSSR count). The number of rotatable bonds is 4. The van der Waals surface area contributed by atoms with Crippen molar-refractivity contribution in [3.05, 3.63) is 35.6 Å². The van der Waals surface area contributed by atoms with Crippen LogP contribution < -0.4 is 16.0 Å². The van der Waals surface area contributed by atoms with Crippen molar-refractivity contribution in [1.29, 1.82) is 0 Å². The molecule has 0 aromatic heterocycles. The third-order valence-electron chi connectivity index (χ3n) is 5.45. The molecule has 4 amide bonds. The van der Waals surface area contributed by atoms with Gasteiger partial charge in [0, 0.05) is 37.3 Å². The smallest absolute Gasteiger partial charge is 0.317 e. The van der Waals surface area contributed by atoms with E-state index in [0.717, 1.165) is 25.7 Å². The minimum absolute atomic E-state index is 0.0872. The number of carbonyl (C=O) groups excluding carboxylic acids is 2. The first-order valence-electron chi connectivity index (χ1n) is 9.95. The summed E-state index contributed by atoms with van der Waals surface area (Å²) in [5.41, 5.74) is 0.474. The molecule has 0 bridgehead atoms. The molecule has 1 aromatic rings. The number of hydrogen-bond acceptors (Lipinski definition) is 2. The van der Waals surface area contributed by atoms with E-state index in [1.165, 1.54) is 25.3 Å². The summed E-state index contributed by atoms with van der Waals surface area (Å²) in [7, 11) is 0. The van der Waals surface area contributed by atoms with Crippen LogP contribution in [0.2, 0.25) is 0 Å². The molecule has 0 unspecified atom stereocenters. The van der Waals surface area contributed by atoms with Crippen LogP contribution in [0.25, 0.3) is 0 Å². The number of urea groups is 2. The van der Waals surface area contributed by atoms with Gasteiger partial charge in [0.05, 0.1) is 0 Å². The Hall–Kier alpha value is -2.31. The average Bonchev–Trinajstić information content (AvgIpc) is 2.68. The Morgan fingerprint density at radius 2 is 1.59 bits per heavy atom. The molecule has 0 spiro atoms. The molecule has 6 nitrogen and oxygen atoms in total. The van der Waals surface area contributed by atoms with Gasteiger partial charge in [-0.15, -0.1) is 0 Å². The highest BCUT2D eigenvalue weighted by Gasteiger charge is 2.24. The Bertz CT molecular complexity index is 641. The summed E-state index contributed by atoms with van der Waals surface area (Å²) in [5.74, 6) is -0.315. The number of likely N-dealkylation sites (tertiary alicyclic amines) is 1. The predicted molar refractivity (Wildman–Crippen MR) is 102 cm³/mol. The van der Waals surface area contributed by atoms with Crippen molar-refractivity contribution in [1.82, 2.24) is 20.9 Å². The number of amides is 4. The maximum atomic E-state index is 13.6. The van der Waals surface area contributed by atoms with Crippen molar-refractivity contribution in [2.45, 2.75) is 63.6 Å². The van der Waals surface area contributed by atoms with Crippen LogP contribution in [0.1, 0.15) is 50.5 Å². The lowest BCUT2D eigenvalue weighted by Crippen LogP contribution is -2.52. The Morgan fingerprint density at radius 3 is 2.26 bits per heavy atom. The fraction of sp³-hybridized carbons (Fsp3) is 0.600. The molecule has 0 radical (unpaired) electrons. The molecule has 1 aromatic carbocycles. The monoisotopic (exact) mass is 376 g/mol. The van der Waals surface area contributed by atoms with Crippen LogP contribution >= 0.6 is 0 Å². The van der Waals surface area contributed by atoms with Gasteiger partial charge in [0.25, 0.3) is 0 Å². The van der Waals surface area contributed by atoms with E-state index in [4.69, 9.17) is 0 Å². The average molecular weight is 376 g/mol. The molecule has 0 atom stereocenters. The summed E-state index contributed by atoms with van der Waals surface area (Å²) in [6, 6.07) is 6.52. The molecule has 1 saturated heterocycles. The van der Waals surface area contributed by atoms with Crippen molar-refractivity contribution in [3.63, 3.8) is 0 Å². The van der Waals surface area contributed by atoms with Gasteiger partial charge < -0.3 is 20.9 Å². The number of piperidine rings is 1. The normalized spacial score (nSPS) is 18.8. The van der Waals surface area contributed by atoms with Crippen LogP contribution in [0.5, 0.6) is 0 Å². The lowest BCUT2D eigenvalue weighted by atomic mass is 9.96. The molecule has 148 valence electrons. The zero-order valence-corrected chi connectivity index (χ0v) is 15.7. The van der Waals surface area contributed by atoms with E-state index in [1.807, 2.05) is 0 Å². The molecular formula is C20H29FN4O2. The van der Waals surface area contributed by atoms with E-state index in [1.54, 1.807) is 23.1 Å².